The fraction of sp³-hybridized carbons (Fsp3) is 0.0526. The summed E-state index contributed by atoms with van der Waals surface area (Å²) in [7, 11) is 0. The second kappa shape index (κ2) is 6.44. The van der Waals surface area contributed by atoms with Crippen molar-refractivity contribution in [3.05, 3.63) is 72.2 Å². The highest BCUT2D eigenvalue weighted by Crippen LogP contribution is 2.28. The summed E-state index contributed by atoms with van der Waals surface area (Å²) in [5.41, 5.74) is 2.61. The summed E-state index contributed by atoms with van der Waals surface area (Å²) in [4.78, 5) is 17.4. The van der Waals surface area contributed by atoms with Gasteiger partial charge in [0.2, 0.25) is 0 Å². The van der Waals surface area contributed by atoms with Crippen molar-refractivity contribution in [3.63, 3.8) is 0 Å². The molecule has 5 nitrogen and oxygen atoms in total. The van der Waals surface area contributed by atoms with Crippen LogP contribution in [-0.2, 0) is 0 Å². The van der Waals surface area contributed by atoms with Crippen molar-refractivity contribution in [2.75, 3.05) is 5.32 Å². The molecule has 0 radical (unpaired) electrons. The van der Waals surface area contributed by atoms with E-state index in [4.69, 9.17) is 0 Å². The molecule has 128 valence electrons. The van der Waals surface area contributed by atoms with E-state index in [-0.39, 0.29) is 0 Å². The topological polar surface area (TPSA) is 63.6 Å². The molecule has 2 aromatic heterocycles. The molecule has 0 fully saturated rings. The van der Waals surface area contributed by atoms with Crippen molar-refractivity contribution in [3.8, 4) is 11.5 Å². The fourth-order valence-corrected chi connectivity index (χ4v) is 2.63. The van der Waals surface area contributed by atoms with Crippen molar-refractivity contribution < 1.29 is 8.78 Å². The molecular formula is C19H13F2N5. The summed E-state index contributed by atoms with van der Waals surface area (Å²) in [6.07, 6.45) is 4.69. The van der Waals surface area contributed by atoms with Gasteiger partial charge in [0, 0.05) is 29.5 Å². The van der Waals surface area contributed by atoms with E-state index < -0.39 is 11.6 Å². The molecule has 0 bridgehead atoms. The first-order valence-electron chi connectivity index (χ1n) is 7.87. The van der Waals surface area contributed by atoms with Crippen molar-refractivity contribution in [1.82, 2.24) is 19.9 Å². The van der Waals surface area contributed by atoms with Gasteiger partial charge in [0.05, 0.1) is 11.7 Å². The predicted octanol–water partition coefficient (Wildman–Crippen LogP) is 4.42. The summed E-state index contributed by atoms with van der Waals surface area (Å²) in [6.45, 7) is 1.94. The summed E-state index contributed by atoms with van der Waals surface area (Å²) in [5, 5.41) is 3.81. The van der Waals surface area contributed by atoms with Gasteiger partial charge in [-0.3, -0.25) is 4.98 Å². The Morgan fingerprint density at radius 2 is 1.85 bits per heavy atom. The molecule has 4 rings (SSSR count). The molecule has 0 aliphatic rings. The Hall–Kier alpha value is -3.48. The number of aromatic nitrogens is 4. The summed E-state index contributed by atoms with van der Waals surface area (Å²) < 4.78 is 26.7. The van der Waals surface area contributed by atoms with Gasteiger partial charge in [-0.15, -0.1) is 0 Å². The zero-order chi connectivity index (χ0) is 18.1. The van der Waals surface area contributed by atoms with Crippen LogP contribution in [0.2, 0.25) is 0 Å². The lowest BCUT2D eigenvalue weighted by molar-refractivity contribution is 0.509. The van der Waals surface area contributed by atoms with Gasteiger partial charge in [0.25, 0.3) is 0 Å². The number of para-hydroxylation sites is 1. The molecule has 0 spiro atoms. The van der Waals surface area contributed by atoms with Crippen LogP contribution in [0, 0.1) is 18.6 Å². The van der Waals surface area contributed by atoms with Gasteiger partial charge in [-0.25, -0.2) is 23.7 Å². The molecule has 2 heterocycles. The highest BCUT2D eigenvalue weighted by atomic mass is 19.2. The maximum absolute atomic E-state index is 13.5. The van der Waals surface area contributed by atoms with E-state index in [9.17, 15) is 8.78 Å². The Morgan fingerprint density at radius 3 is 2.62 bits per heavy atom. The van der Waals surface area contributed by atoms with E-state index in [2.05, 4.69) is 25.3 Å². The molecule has 26 heavy (non-hydrogen) atoms. The minimum Gasteiger partial charge on any atom is -0.340 e. The van der Waals surface area contributed by atoms with Crippen molar-refractivity contribution in [1.29, 1.82) is 0 Å². The Morgan fingerprint density at radius 1 is 0.962 bits per heavy atom. The lowest BCUT2D eigenvalue weighted by Crippen LogP contribution is -2.02. The van der Waals surface area contributed by atoms with E-state index >= 15 is 0 Å². The summed E-state index contributed by atoms with van der Waals surface area (Å²) in [6, 6.07) is 9.29. The average Bonchev–Trinajstić information content (AvgIpc) is 2.66. The molecule has 0 aliphatic carbocycles. The number of nitrogens with one attached hydrogen (secondary N) is 1. The Labute approximate surface area is 147 Å². The standard InChI is InChI=1S/C19H13F2N5/c1-11-3-2-4-13-17(11)25-19(16-10-22-7-8-23-16)26-18(13)24-12-5-6-14(20)15(21)9-12/h2-10H,1H3,(H,24,25,26). The number of hydrogen-bond acceptors (Lipinski definition) is 5. The van der Waals surface area contributed by atoms with Crippen LogP contribution in [0.4, 0.5) is 20.3 Å². The Bertz CT molecular complexity index is 1100. The second-order valence-corrected chi connectivity index (χ2v) is 5.71. The van der Waals surface area contributed by atoms with Crippen molar-refractivity contribution >= 4 is 22.4 Å². The smallest absolute Gasteiger partial charge is 0.182 e. The van der Waals surface area contributed by atoms with E-state index in [1.807, 2.05) is 25.1 Å². The molecule has 0 aliphatic heterocycles. The van der Waals surface area contributed by atoms with Gasteiger partial charge in [0.15, 0.2) is 17.5 Å². The van der Waals surface area contributed by atoms with Gasteiger partial charge in [-0.2, -0.15) is 0 Å². The third kappa shape index (κ3) is 2.95. The first-order valence-corrected chi connectivity index (χ1v) is 7.87. The summed E-state index contributed by atoms with van der Waals surface area (Å²) >= 11 is 0. The molecule has 0 unspecified atom stereocenters. The van der Waals surface area contributed by atoms with Crippen LogP contribution in [0.15, 0.2) is 55.0 Å². The molecule has 0 amide bonds. The number of anilines is 2. The molecule has 2 aromatic carbocycles. The number of fused-ring (bicyclic) bond motifs is 1. The van der Waals surface area contributed by atoms with Crippen LogP contribution in [0.5, 0.6) is 0 Å². The van der Waals surface area contributed by atoms with Gasteiger partial charge in [-0.05, 0) is 30.7 Å². The number of rotatable bonds is 3. The third-order valence-electron chi connectivity index (χ3n) is 3.90. The number of aryl methyl sites for hydroxylation is 1. The van der Waals surface area contributed by atoms with Gasteiger partial charge in [0.1, 0.15) is 11.5 Å². The maximum Gasteiger partial charge on any atom is 0.182 e. The van der Waals surface area contributed by atoms with Crippen LogP contribution in [-0.4, -0.2) is 19.9 Å². The van der Waals surface area contributed by atoms with Crippen LogP contribution in [0.3, 0.4) is 0 Å². The second-order valence-electron chi connectivity index (χ2n) is 5.71. The minimum absolute atomic E-state index is 0.385. The van der Waals surface area contributed by atoms with Crippen LogP contribution in [0.25, 0.3) is 22.4 Å². The number of benzene rings is 2. The van der Waals surface area contributed by atoms with Gasteiger partial charge >= 0.3 is 0 Å². The van der Waals surface area contributed by atoms with Crippen LogP contribution >= 0.6 is 0 Å². The normalized spacial score (nSPS) is 10.9. The highest BCUT2D eigenvalue weighted by Gasteiger charge is 2.13. The van der Waals surface area contributed by atoms with E-state index in [1.165, 1.54) is 6.07 Å². The average molecular weight is 349 g/mol. The number of nitrogens with zero attached hydrogens (tertiary/aromatic N) is 4. The molecule has 0 atom stereocenters. The zero-order valence-corrected chi connectivity index (χ0v) is 13.7. The monoisotopic (exact) mass is 349 g/mol. The third-order valence-corrected chi connectivity index (χ3v) is 3.90. The molecule has 0 saturated carbocycles. The molecule has 1 N–H and O–H groups in total. The Balaban J connectivity index is 1.89. The van der Waals surface area contributed by atoms with Crippen molar-refractivity contribution in [2.24, 2.45) is 0 Å². The number of halogens is 2. The number of hydrogen-bond donors (Lipinski definition) is 1. The lowest BCUT2D eigenvalue weighted by atomic mass is 10.1. The highest BCUT2D eigenvalue weighted by molar-refractivity contribution is 5.93. The minimum atomic E-state index is -0.932. The molecule has 7 heteroatoms. The fourth-order valence-electron chi connectivity index (χ4n) is 2.63. The molecule has 4 aromatic rings. The molecular weight excluding hydrogens is 336 g/mol. The van der Waals surface area contributed by atoms with E-state index in [0.717, 1.165) is 28.6 Å². The SMILES string of the molecule is Cc1cccc2c(Nc3ccc(F)c(F)c3)nc(-c3cnccn3)nc12. The van der Waals surface area contributed by atoms with Gasteiger partial charge < -0.3 is 5.32 Å². The first kappa shape index (κ1) is 16.0. The predicted molar refractivity (Wildman–Crippen MR) is 94.9 cm³/mol. The van der Waals surface area contributed by atoms with E-state index in [0.29, 0.717) is 23.0 Å². The van der Waals surface area contributed by atoms with E-state index in [1.54, 1.807) is 18.6 Å². The van der Waals surface area contributed by atoms with Crippen molar-refractivity contribution in [2.45, 2.75) is 6.92 Å². The molecule has 0 saturated heterocycles. The first-order chi connectivity index (χ1) is 12.6. The van der Waals surface area contributed by atoms with Crippen LogP contribution in [0.1, 0.15) is 5.56 Å². The lowest BCUT2D eigenvalue weighted by Gasteiger charge is -2.12. The van der Waals surface area contributed by atoms with Crippen LogP contribution < -0.4 is 5.32 Å². The zero-order valence-electron chi connectivity index (χ0n) is 13.7. The summed E-state index contributed by atoms with van der Waals surface area (Å²) in [5.74, 6) is -0.965. The Kier molecular flexibility index (Phi) is 3.96. The van der Waals surface area contributed by atoms with Gasteiger partial charge in [-0.1, -0.05) is 12.1 Å². The quantitative estimate of drug-likeness (QED) is 0.593. The maximum atomic E-state index is 13.5. The largest absolute Gasteiger partial charge is 0.340 e.